The number of nitriles is 1. The van der Waals surface area contributed by atoms with Crippen LogP contribution in [0.5, 0.6) is 0 Å². The second-order valence-electron chi connectivity index (χ2n) is 9.02. The molecule has 3 N–H and O–H groups in total. The second kappa shape index (κ2) is 10.2. The molecule has 36 heavy (non-hydrogen) atoms. The molecule has 0 fully saturated rings. The van der Waals surface area contributed by atoms with Gasteiger partial charge in [0.1, 0.15) is 33.2 Å². The van der Waals surface area contributed by atoms with Gasteiger partial charge in [0.25, 0.3) is 5.91 Å². The summed E-state index contributed by atoms with van der Waals surface area (Å²) in [5, 5.41) is 11.6. The summed E-state index contributed by atoms with van der Waals surface area (Å²) >= 11 is 0. The second-order valence-corrected chi connectivity index (χ2v) is 10.8. The highest BCUT2D eigenvalue weighted by Crippen LogP contribution is 2.31. The molecule has 11 heteroatoms. The Hall–Kier alpha value is -3.62. The minimum absolute atomic E-state index is 0.0699. The highest BCUT2D eigenvalue weighted by atomic mass is 32.2. The van der Waals surface area contributed by atoms with E-state index >= 15 is 0 Å². The first-order valence-corrected chi connectivity index (χ1v) is 13.0. The van der Waals surface area contributed by atoms with Crippen molar-refractivity contribution in [2.45, 2.75) is 43.5 Å². The van der Waals surface area contributed by atoms with Crippen LogP contribution in [-0.2, 0) is 29.8 Å². The van der Waals surface area contributed by atoms with E-state index in [4.69, 9.17) is 10.0 Å². The highest BCUT2D eigenvalue weighted by molar-refractivity contribution is 7.90. The summed E-state index contributed by atoms with van der Waals surface area (Å²) in [6.07, 6.45) is 3.96. The maximum atomic E-state index is 13.7. The van der Waals surface area contributed by atoms with Crippen molar-refractivity contribution in [2.24, 2.45) is 13.0 Å². The van der Waals surface area contributed by atoms with Gasteiger partial charge in [-0.15, -0.1) is 0 Å². The van der Waals surface area contributed by atoms with Crippen LogP contribution in [0, 0.1) is 33.8 Å². The normalized spacial score (nSPS) is 20.1. The van der Waals surface area contributed by atoms with E-state index in [1.807, 2.05) is 6.92 Å². The lowest BCUT2D eigenvalue weighted by Gasteiger charge is -2.24. The van der Waals surface area contributed by atoms with Crippen LogP contribution in [0.25, 0.3) is 0 Å². The number of rotatable bonds is 6. The number of benzene rings is 1. The molecule has 8 nitrogen and oxygen atoms in total. The zero-order chi connectivity index (χ0) is 26.0. The molecule has 1 aliphatic heterocycles. The highest BCUT2D eigenvalue weighted by Gasteiger charge is 2.32. The maximum Gasteiger partial charge on any atom is 0.272 e. The van der Waals surface area contributed by atoms with E-state index < -0.39 is 21.8 Å². The fraction of sp³-hybridized carbons (Fsp3) is 0.320. The van der Waals surface area contributed by atoms with Crippen molar-refractivity contribution in [2.75, 3.05) is 5.32 Å². The molecule has 4 rings (SSSR count). The summed E-state index contributed by atoms with van der Waals surface area (Å²) in [5.41, 5.74) is 1.63. The van der Waals surface area contributed by atoms with Gasteiger partial charge in [-0.3, -0.25) is 4.79 Å². The van der Waals surface area contributed by atoms with Gasteiger partial charge < -0.3 is 9.88 Å². The number of nitrogens with one attached hydrogen (secondary N) is 3. The van der Waals surface area contributed by atoms with Gasteiger partial charge in [-0.05, 0) is 55.4 Å². The number of halogens is 2. The summed E-state index contributed by atoms with van der Waals surface area (Å²) in [6.45, 7) is 2.02. The van der Waals surface area contributed by atoms with E-state index in [-0.39, 0.29) is 39.7 Å². The average Bonchev–Trinajstić information content (AvgIpc) is 3.11. The molecule has 0 saturated carbocycles. The van der Waals surface area contributed by atoms with Crippen molar-refractivity contribution in [1.29, 1.82) is 10.0 Å². The number of aryl methyl sites for hydroxylation is 2. The first-order chi connectivity index (χ1) is 17.1. The molecule has 1 aliphatic rings. The van der Waals surface area contributed by atoms with Crippen molar-refractivity contribution >= 4 is 21.5 Å². The Morgan fingerprint density at radius 3 is 2.78 bits per heavy atom. The van der Waals surface area contributed by atoms with Gasteiger partial charge in [0.15, 0.2) is 0 Å². The monoisotopic (exact) mass is 512 g/mol. The van der Waals surface area contributed by atoms with E-state index in [1.54, 1.807) is 25.2 Å². The minimum atomic E-state index is -3.40. The minimum Gasteiger partial charge on any atom is -0.345 e. The molecule has 3 atom stereocenters. The van der Waals surface area contributed by atoms with Crippen LogP contribution in [-0.4, -0.2) is 25.7 Å². The Kier molecular flexibility index (Phi) is 7.19. The maximum absolute atomic E-state index is 13.7. The van der Waals surface area contributed by atoms with Crippen LogP contribution in [0.15, 0.2) is 47.5 Å². The average molecular weight is 513 g/mol. The van der Waals surface area contributed by atoms with Gasteiger partial charge in [-0.1, -0.05) is 19.1 Å². The van der Waals surface area contributed by atoms with E-state index in [2.05, 4.69) is 15.0 Å². The van der Waals surface area contributed by atoms with Crippen molar-refractivity contribution in [3.63, 3.8) is 0 Å². The zero-order valence-corrected chi connectivity index (χ0v) is 20.7. The van der Waals surface area contributed by atoms with Gasteiger partial charge in [0, 0.05) is 36.6 Å². The lowest BCUT2D eigenvalue weighted by Crippen LogP contribution is -2.37. The summed E-state index contributed by atoms with van der Waals surface area (Å²) in [7, 11) is -1.78. The molecular weight excluding hydrogens is 486 g/mol. The topological polar surface area (TPSA) is 124 Å². The number of fused-ring (bicyclic) bond motifs is 1. The fourth-order valence-corrected chi connectivity index (χ4v) is 6.29. The Morgan fingerprint density at radius 2 is 2.08 bits per heavy atom. The number of nitrogens with zero attached hydrogens (tertiary/aromatic N) is 3. The predicted octanol–water partition coefficient (Wildman–Crippen LogP) is 4.32. The zero-order valence-electron chi connectivity index (χ0n) is 19.8. The van der Waals surface area contributed by atoms with Gasteiger partial charge in [0.2, 0.25) is 5.95 Å². The summed E-state index contributed by atoms with van der Waals surface area (Å²) in [5.74, 6) is -1.68. The lowest BCUT2D eigenvalue weighted by molar-refractivity contribution is 0.101. The molecule has 1 amide bonds. The Morgan fingerprint density at radius 1 is 1.36 bits per heavy atom. The van der Waals surface area contributed by atoms with Crippen molar-refractivity contribution in [3.8, 4) is 6.07 Å². The molecule has 0 saturated heterocycles. The Labute approximate surface area is 208 Å². The fourth-order valence-electron chi connectivity index (χ4n) is 4.53. The van der Waals surface area contributed by atoms with Crippen LogP contribution in [0.2, 0.25) is 0 Å². The number of carbonyl (C=O) groups excluding carboxylic acids is 1. The number of anilines is 1. The van der Waals surface area contributed by atoms with Crippen LogP contribution in [0.3, 0.4) is 0 Å². The van der Waals surface area contributed by atoms with E-state index in [9.17, 15) is 17.8 Å². The first-order valence-electron chi connectivity index (χ1n) is 11.4. The molecule has 0 spiro atoms. The largest absolute Gasteiger partial charge is 0.345 e. The standard InChI is InChI=1S/C25H26F2N6O2S/c1-15(3-4-16-5-7-17(26)8-6-16)21-10-9-20-22(36(29,35)32-21)14-33(2)24(20)25(34)31-18-11-19(13-28)30-23(27)12-18/h5-8,11-12,14-15,21H,3-4,9-10H2,1-2H3,(H2,29,32,35)(H,30,31,34)/t15-,21?,36?/m0/s1. The van der Waals surface area contributed by atoms with Crippen LogP contribution >= 0.6 is 0 Å². The van der Waals surface area contributed by atoms with E-state index in [0.29, 0.717) is 24.8 Å². The Balaban J connectivity index is 1.53. The number of aromatic nitrogens is 2. The van der Waals surface area contributed by atoms with E-state index in [1.165, 1.54) is 29.0 Å². The molecule has 3 aromatic rings. The third-order valence-corrected chi connectivity index (χ3v) is 8.06. The molecule has 0 radical (unpaired) electrons. The predicted molar refractivity (Wildman–Crippen MR) is 131 cm³/mol. The lowest BCUT2D eigenvalue weighted by atomic mass is 9.91. The van der Waals surface area contributed by atoms with Crippen LogP contribution in [0.1, 0.15) is 47.1 Å². The van der Waals surface area contributed by atoms with Crippen LogP contribution < -0.4 is 10.0 Å². The number of amides is 1. The van der Waals surface area contributed by atoms with Crippen molar-refractivity contribution < 1.29 is 17.8 Å². The molecule has 1 aromatic carbocycles. The van der Waals surface area contributed by atoms with Gasteiger partial charge in [-0.2, -0.15) is 9.65 Å². The molecule has 2 aromatic heterocycles. The van der Waals surface area contributed by atoms with Crippen molar-refractivity contribution in [3.05, 3.63) is 76.9 Å². The van der Waals surface area contributed by atoms with Gasteiger partial charge in [-0.25, -0.2) is 23.1 Å². The molecule has 0 aliphatic carbocycles. The Bertz CT molecular complexity index is 1440. The summed E-state index contributed by atoms with van der Waals surface area (Å²) in [4.78, 5) is 16.8. The summed E-state index contributed by atoms with van der Waals surface area (Å²) < 4.78 is 53.4. The van der Waals surface area contributed by atoms with Crippen LogP contribution in [0.4, 0.5) is 14.5 Å². The van der Waals surface area contributed by atoms with Crippen molar-refractivity contribution in [1.82, 2.24) is 14.3 Å². The molecular formula is C25H26F2N6O2S. The molecule has 2 unspecified atom stereocenters. The molecule has 0 bridgehead atoms. The number of hydrogen-bond donors (Lipinski definition) is 3. The van der Waals surface area contributed by atoms with Gasteiger partial charge >= 0.3 is 0 Å². The number of carbonyl (C=O) groups is 1. The SMILES string of the molecule is C[C@@H](CCc1ccc(F)cc1)C1CCc2c(cn(C)c2C(=O)Nc2cc(F)nc(C#N)c2)S(=N)(=O)N1. The first kappa shape index (κ1) is 25.5. The molecule has 188 valence electrons. The third-order valence-electron chi connectivity index (χ3n) is 6.45. The number of pyridine rings is 1. The van der Waals surface area contributed by atoms with E-state index in [0.717, 1.165) is 18.1 Å². The smallest absolute Gasteiger partial charge is 0.272 e. The molecule has 3 heterocycles. The third kappa shape index (κ3) is 5.45. The number of hydrogen-bond acceptors (Lipinski definition) is 5. The van der Waals surface area contributed by atoms with Gasteiger partial charge in [0.05, 0.1) is 4.90 Å². The summed E-state index contributed by atoms with van der Waals surface area (Å²) in [6, 6.07) is 10.1. The quantitative estimate of drug-likeness (QED) is 0.426.